The Hall–Kier alpha value is -7.05. The van der Waals surface area contributed by atoms with Gasteiger partial charge in [0.1, 0.15) is 17.0 Å². The second-order valence-electron chi connectivity index (χ2n) is 18.4. The molecule has 2 fully saturated rings. The van der Waals surface area contributed by atoms with Crippen LogP contribution in [0.1, 0.15) is 51.8 Å². The summed E-state index contributed by atoms with van der Waals surface area (Å²) in [6.07, 6.45) is 5.86. The van der Waals surface area contributed by atoms with Gasteiger partial charge in [-0.1, -0.05) is 111 Å². The van der Waals surface area contributed by atoms with Gasteiger partial charge in [-0.05, 0) is 111 Å². The van der Waals surface area contributed by atoms with Crippen molar-refractivity contribution in [3.05, 3.63) is 164 Å². The van der Waals surface area contributed by atoms with E-state index in [-0.39, 0.29) is 5.41 Å². The van der Waals surface area contributed by atoms with Crippen LogP contribution in [0.4, 0.5) is 0 Å². The first-order valence-electron chi connectivity index (χ1n) is 22.3. The van der Waals surface area contributed by atoms with Gasteiger partial charge in [0.2, 0.25) is 0 Å². The Kier molecular flexibility index (Phi) is 7.75. The van der Waals surface area contributed by atoms with E-state index in [1.165, 1.54) is 34.4 Å². The Labute approximate surface area is 359 Å². The topological polar surface area (TPSA) is 61.7 Å². The van der Waals surface area contributed by atoms with Crippen molar-refractivity contribution in [2.45, 2.75) is 51.4 Å². The van der Waals surface area contributed by atoms with Gasteiger partial charge in [0.05, 0.1) is 38.8 Å². The van der Waals surface area contributed by atoms with Crippen LogP contribution < -0.4 is 0 Å². The van der Waals surface area contributed by atoms with Crippen LogP contribution in [0.3, 0.4) is 0 Å². The van der Waals surface area contributed by atoms with Crippen LogP contribution >= 0.6 is 0 Å². The van der Waals surface area contributed by atoms with Crippen molar-refractivity contribution in [3.8, 4) is 34.2 Å². The molecule has 0 aliphatic heterocycles. The zero-order valence-electron chi connectivity index (χ0n) is 34.9. The summed E-state index contributed by atoms with van der Waals surface area (Å²) in [6, 6.07) is 56.3. The molecule has 2 unspecified atom stereocenters. The zero-order chi connectivity index (χ0) is 41.1. The molecule has 2 aliphatic rings. The molecule has 0 amide bonds. The van der Waals surface area contributed by atoms with Crippen LogP contribution in [-0.2, 0) is 5.41 Å². The van der Waals surface area contributed by atoms with Crippen molar-refractivity contribution in [3.63, 3.8) is 0 Å². The first kappa shape index (κ1) is 35.7. The van der Waals surface area contributed by atoms with Gasteiger partial charge in [0, 0.05) is 43.5 Å². The summed E-state index contributed by atoms with van der Waals surface area (Å²) in [7, 11) is 0. The van der Waals surface area contributed by atoms with E-state index >= 15 is 0 Å². The highest BCUT2D eigenvalue weighted by Crippen LogP contribution is 2.54. The third-order valence-electron chi connectivity index (χ3n) is 14.3. The SMILES string of the molecule is C[C@@H]1CC2C[C@H](C)CC(c3nc(-c4ccccc4-n4c5ccccc5c5ccccc54)nc(-c4ccccc4-n4c5ccccc5c5ccc6oc7ccccc7c6c54)n3)(C2)C1. The van der Waals surface area contributed by atoms with Crippen molar-refractivity contribution in [1.29, 1.82) is 0 Å². The second kappa shape index (κ2) is 13.5. The van der Waals surface area contributed by atoms with Crippen LogP contribution in [0.5, 0.6) is 0 Å². The standard InChI is InChI=1S/C56H45N5O/c1-34-29-36-30-35(2)32-56(31-34,33-36)55-58-53(41-18-6-12-24-47(41)60-44-21-9-3-15-37(44)38-16-4-10-22-45(38)60)57-54(59-55)42-19-7-13-25-48(42)61-46-23-11-5-17-39(46)40-27-28-50-51(52(40)61)43-20-8-14-26-49(43)62-50/h3-28,34-36H,29-33H2,1-2H3/t34-,35+,36?,56?. The Balaban J connectivity index is 1.11. The molecule has 4 heterocycles. The fraction of sp³-hybridized carbons (Fsp3) is 0.196. The highest BCUT2D eigenvalue weighted by atomic mass is 16.3. The van der Waals surface area contributed by atoms with Crippen molar-refractivity contribution < 1.29 is 4.42 Å². The third kappa shape index (κ3) is 5.25. The molecule has 62 heavy (non-hydrogen) atoms. The van der Waals surface area contributed by atoms with Gasteiger partial charge in [-0.3, -0.25) is 0 Å². The molecule has 0 radical (unpaired) electrons. The lowest BCUT2D eigenvalue weighted by molar-refractivity contribution is 0.0720. The normalized spacial score (nSPS) is 20.3. The molecule has 4 aromatic heterocycles. The molecule has 6 heteroatoms. The first-order chi connectivity index (χ1) is 30.5. The molecule has 2 bridgehead atoms. The van der Waals surface area contributed by atoms with Crippen LogP contribution in [0.15, 0.2) is 162 Å². The Morgan fingerprint density at radius 2 is 0.968 bits per heavy atom. The van der Waals surface area contributed by atoms with Crippen molar-refractivity contribution in [1.82, 2.24) is 24.1 Å². The van der Waals surface area contributed by atoms with Crippen LogP contribution in [0.25, 0.3) is 99.7 Å². The van der Waals surface area contributed by atoms with Crippen molar-refractivity contribution >= 4 is 65.6 Å². The van der Waals surface area contributed by atoms with E-state index in [2.05, 4.69) is 175 Å². The maximum atomic E-state index is 6.51. The van der Waals surface area contributed by atoms with E-state index in [0.29, 0.717) is 29.4 Å². The molecule has 7 aromatic carbocycles. The minimum atomic E-state index is -0.127. The molecule has 2 aliphatic carbocycles. The van der Waals surface area contributed by atoms with Crippen molar-refractivity contribution in [2.75, 3.05) is 0 Å². The summed E-state index contributed by atoms with van der Waals surface area (Å²) in [6.45, 7) is 4.88. The average molecular weight is 804 g/mol. The van der Waals surface area contributed by atoms with E-state index < -0.39 is 0 Å². The number of aromatic nitrogens is 5. The summed E-state index contributed by atoms with van der Waals surface area (Å²) in [5, 5.41) is 7.05. The van der Waals surface area contributed by atoms with E-state index in [4.69, 9.17) is 19.4 Å². The summed E-state index contributed by atoms with van der Waals surface area (Å²) in [4.78, 5) is 17.0. The summed E-state index contributed by atoms with van der Waals surface area (Å²) in [5.41, 5.74) is 10.2. The minimum absolute atomic E-state index is 0.127. The highest BCUT2D eigenvalue weighted by molar-refractivity contribution is 6.24. The third-order valence-corrected chi connectivity index (χ3v) is 14.3. The lowest BCUT2D eigenvalue weighted by Gasteiger charge is -2.49. The number of nitrogens with zero attached hydrogens (tertiary/aromatic N) is 5. The van der Waals surface area contributed by atoms with Gasteiger partial charge < -0.3 is 13.6 Å². The predicted octanol–water partition coefficient (Wildman–Crippen LogP) is 14.4. The molecular weight excluding hydrogens is 759 g/mol. The number of fused-ring (bicyclic) bond motifs is 12. The second-order valence-corrected chi connectivity index (χ2v) is 18.4. The zero-order valence-corrected chi connectivity index (χ0v) is 34.9. The van der Waals surface area contributed by atoms with Crippen LogP contribution in [-0.4, -0.2) is 24.1 Å². The number of para-hydroxylation sites is 6. The maximum Gasteiger partial charge on any atom is 0.165 e. The first-order valence-corrected chi connectivity index (χ1v) is 22.3. The highest BCUT2D eigenvalue weighted by Gasteiger charge is 2.47. The quantitative estimate of drug-likeness (QED) is 0.174. The molecule has 13 rings (SSSR count). The minimum Gasteiger partial charge on any atom is -0.456 e. The Morgan fingerprint density at radius 1 is 0.468 bits per heavy atom. The van der Waals surface area contributed by atoms with Gasteiger partial charge in [-0.15, -0.1) is 0 Å². The van der Waals surface area contributed by atoms with E-state index in [1.807, 2.05) is 6.07 Å². The fourth-order valence-corrected chi connectivity index (χ4v) is 12.2. The lowest BCUT2D eigenvalue weighted by Crippen LogP contribution is -2.43. The van der Waals surface area contributed by atoms with Gasteiger partial charge in [0.15, 0.2) is 11.6 Å². The predicted molar refractivity (Wildman–Crippen MR) is 253 cm³/mol. The lowest BCUT2D eigenvalue weighted by atomic mass is 9.56. The number of benzene rings is 7. The van der Waals surface area contributed by atoms with E-state index in [0.717, 1.165) is 91.6 Å². The Bertz CT molecular complexity index is 3520. The number of furan rings is 1. The monoisotopic (exact) mass is 803 g/mol. The molecule has 6 nitrogen and oxygen atoms in total. The Morgan fingerprint density at radius 3 is 1.60 bits per heavy atom. The molecule has 4 atom stereocenters. The summed E-state index contributed by atoms with van der Waals surface area (Å²) in [5.74, 6) is 4.24. The molecule has 11 aromatic rings. The summed E-state index contributed by atoms with van der Waals surface area (Å²) >= 11 is 0. The van der Waals surface area contributed by atoms with Gasteiger partial charge in [-0.25, -0.2) is 15.0 Å². The fourth-order valence-electron chi connectivity index (χ4n) is 12.2. The molecule has 300 valence electrons. The number of hydrogen-bond acceptors (Lipinski definition) is 4. The molecule has 0 saturated heterocycles. The molecular formula is C56H45N5O. The van der Waals surface area contributed by atoms with E-state index in [1.54, 1.807) is 0 Å². The smallest absolute Gasteiger partial charge is 0.165 e. The molecule has 0 N–H and O–H groups in total. The molecule has 0 spiro atoms. The van der Waals surface area contributed by atoms with Crippen LogP contribution in [0.2, 0.25) is 0 Å². The van der Waals surface area contributed by atoms with E-state index in [9.17, 15) is 0 Å². The van der Waals surface area contributed by atoms with Gasteiger partial charge in [0.25, 0.3) is 0 Å². The van der Waals surface area contributed by atoms with Gasteiger partial charge in [-0.2, -0.15) is 0 Å². The summed E-state index contributed by atoms with van der Waals surface area (Å²) < 4.78 is 11.3. The maximum absolute atomic E-state index is 6.51. The molecule has 2 saturated carbocycles. The van der Waals surface area contributed by atoms with Crippen molar-refractivity contribution in [2.24, 2.45) is 17.8 Å². The van der Waals surface area contributed by atoms with Crippen LogP contribution in [0, 0.1) is 17.8 Å². The van der Waals surface area contributed by atoms with Gasteiger partial charge >= 0.3 is 0 Å². The number of hydrogen-bond donors (Lipinski definition) is 0. The number of rotatable bonds is 5. The largest absolute Gasteiger partial charge is 0.456 e. The average Bonchev–Trinajstić information content (AvgIpc) is 3.96.